The molecule has 3 heteroatoms. The molecule has 0 saturated carbocycles. The first kappa shape index (κ1) is 15.4. The minimum atomic E-state index is -0.0321. The fraction of sp³-hybridized carbons (Fsp3) is 0.467. The highest BCUT2D eigenvalue weighted by Gasteiger charge is 2.22. The molecule has 0 aromatic heterocycles. The van der Waals surface area contributed by atoms with Gasteiger partial charge in [-0.15, -0.1) is 18.0 Å². The van der Waals surface area contributed by atoms with E-state index < -0.39 is 0 Å². The smallest absolute Gasteiger partial charge is 0.118 e. The number of ether oxygens (including phenoxy) is 1. The lowest BCUT2D eigenvalue weighted by Crippen LogP contribution is -2.25. The lowest BCUT2D eigenvalue weighted by Gasteiger charge is -2.25. The van der Waals surface area contributed by atoms with Crippen LogP contribution in [0.15, 0.2) is 34.5 Å². The molecule has 1 nitrogen and oxygen atoms in total. The molecule has 0 aliphatic carbocycles. The molecule has 0 radical (unpaired) electrons. The van der Waals surface area contributed by atoms with Crippen molar-refractivity contribution in [3.63, 3.8) is 0 Å². The average Bonchev–Trinajstić information content (AvgIpc) is 2.37. The van der Waals surface area contributed by atoms with E-state index in [9.17, 15) is 0 Å². The predicted molar refractivity (Wildman–Crippen MR) is 81.7 cm³/mol. The number of terminal acetylenes is 1. The molecule has 2 atom stereocenters. The Labute approximate surface area is 123 Å². The minimum Gasteiger partial charge on any atom is -0.492 e. The van der Waals surface area contributed by atoms with Gasteiger partial charge in [-0.3, -0.25) is 0 Å². The predicted octanol–water partition coefficient (Wildman–Crippen LogP) is 4.93. The standard InChI is InChI=1S/C15H18BrClO/c1-3-5-6-11-15-13(17)9-7-8-10-14(18-15)12(16)4-2/h1,5-8,13,15H,4,9-11H2,2H3/b6-5-,8-7-,14-12+/t13-,15?/m0/s1. The maximum absolute atomic E-state index is 6.35. The average molecular weight is 330 g/mol. The van der Waals surface area contributed by atoms with Gasteiger partial charge < -0.3 is 4.74 Å². The van der Waals surface area contributed by atoms with Crippen molar-refractivity contribution in [1.29, 1.82) is 0 Å². The molecular weight excluding hydrogens is 312 g/mol. The van der Waals surface area contributed by atoms with Gasteiger partial charge in [0.1, 0.15) is 11.9 Å². The minimum absolute atomic E-state index is 0.0314. The SMILES string of the molecule is C#C/C=C\CC1O/C(=C(/Br)CC)C/C=C\C[C@@H]1Cl. The highest BCUT2D eigenvalue weighted by Crippen LogP contribution is 2.28. The van der Waals surface area contributed by atoms with E-state index in [4.69, 9.17) is 22.8 Å². The molecular formula is C15H18BrClO. The summed E-state index contributed by atoms with van der Waals surface area (Å²) in [6.07, 6.45) is 16.3. The van der Waals surface area contributed by atoms with Gasteiger partial charge in [-0.1, -0.05) is 47.0 Å². The van der Waals surface area contributed by atoms with Crippen LogP contribution < -0.4 is 0 Å². The van der Waals surface area contributed by atoms with Crippen molar-refractivity contribution in [3.05, 3.63) is 34.5 Å². The lowest BCUT2D eigenvalue weighted by molar-refractivity contribution is 0.108. The van der Waals surface area contributed by atoms with E-state index >= 15 is 0 Å². The second-order valence-corrected chi connectivity index (χ2v) is 5.59. The van der Waals surface area contributed by atoms with Crippen molar-refractivity contribution in [2.75, 3.05) is 0 Å². The molecule has 1 heterocycles. The molecule has 0 bridgehead atoms. The van der Waals surface area contributed by atoms with Gasteiger partial charge in [0.2, 0.25) is 0 Å². The van der Waals surface area contributed by atoms with Crippen LogP contribution in [0, 0.1) is 12.3 Å². The Morgan fingerprint density at radius 1 is 1.67 bits per heavy atom. The zero-order valence-corrected chi connectivity index (χ0v) is 12.9. The summed E-state index contributed by atoms with van der Waals surface area (Å²) in [5, 5.41) is -0.0314. The Morgan fingerprint density at radius 2 is 2.44 bits per heavy atom. The second-order valence-electron chi connectivity index (χ2n) is 4.07. The van der Waals surface area contributed by atoms with Gasteiger partial charge >= 0.3 is 0 Å². The molecule has 1 aliphatic heterocycles. The summed E-state index contributed by atoms with van der Waals surface area (Å²) in [7, 11) is 0. The van der Waals surface area contributed by atoms with E-state index in [0.717, 1.165) is 35.9 Å². The van der Waals surface area contributed by atoms with E-state index in [0.29, 0.717) is 0 Å². The van der Waals surface area contributed by atoms with Crippen LogP contribution in [-0.4, -0.2) is 11.5 Å². The van der Waals surface area contributed by atoms with Crippen LogP contribution >= 0.6 is 27.5 Å². The number of hydrogen-bond acceptors (Lipinski definition) is 1. The van der Waals surface area contributed by atoms with E-state index in [1.54, 1.807) is 6.08 Å². The third-order valence-electron chi connectivity index (χ3n) is 2.72. The molecule has 0 aromatic rings. The van der Waals surface area contributed by atoms with E-state index in [-0.39, 0.29) is 11.5 Å². The van der Waals surface area contributed by atoms with Crippen molar-refractivity contribution < 1.29 is 4.74 Å². The monoisotopic (exact) mass is 328 g/mol. The van der Waals surface area contributed by atoms with Crippen LogP contribution in [0.1, 0.15) is 32.6 Å². The first-order valence-electron chi connectivity index (χ1n) is 6.13. The highest BCUT2D eigenvalue weighted by atomic mass is 79.9. The Kier molecular flexibility index (Phi) is 7.23. The van der Waals surface area contributed by atoms with E-state index in [1.807, 2.05) is 6.08 Å². The number of rotatable bonds is 3. The molecule has 0 amide bonds. The third kappa shape index (κ3) is 4.92. The topological polar surface area (TPSA) is 9.23 Å². The number of allylic oxidation sites excluding steroid dienone is 4. The van der Waals surface area contributed by atoms with Crippen molar-refractivity contribution in [2.24, 2.45) is 0 Å². The molecule has 0 aromatic carbocycles. The molecule has 98 valence electrons. The largest absolute Gasteiger partial charge is 0.492 e. The summed E-state index contributed by atoms with van der Waals surface area (Å²) in [5.74, 6) is 3.45. The fourth-order valence-electron chi connectivity index (χ4n) is 1.71. The molecule has 0 spiro atoms. The van der Waals surface area contributed by atoms with Gasteiger partial charge in [0.25, 0.3) is 0 Å². The highest BCUT2D eigenvalue weighted by molar-refractivity contribution is 9.11. The van der Waals surface area contributed by atoms with E-state index in [1.165, 1.54) is 0 Å². The van der Waals surface area contributed by atoms with Crippen molar-refractivity contribution in [1.82, 2.24) is 0 Å². The Hall–Kier alpha value is -0.650. The van der Waals surface area contributed by atoms with Crippen molar-refractivity contribution >= 4 is 27.5 Å². The number of halogens is 2. The van der Waals surface area contributed by atoms with Gasteiger partial charge in [-0.05, 0) is 18.9 Å². The Bertz CT molecular complexity index is 390. The molecule has 1 unspecified atom stereocenters. The first-order chi connectivity index (χ1) is 8.69. The quantitative estimate of drug-likeness (QED) is 0.405. The normalized spacial score (nSPS) is 29.0. The Balaban J connectivity index is 2.82. The third-order valence-corrected chi connectivity index (χ3v) is 4.19. The van der Waals surface area contributed by atoms with Crippen LogP contribution in [0.25, 0.3) is 0 Å². The molecule has 0 N–H and O–H groups in total. The van der Waals surface area contributed by atoms with Crippen LogP contribution in [0.4, 0.5) is 0 Å². The molecule has 1 rings (SSSR count). The molecule has 18 heavy (non-hydrogen) atoms. The van der Waals surface area contributed by atoms with E-state index in [2.05, 4.69) is 40.9 Å². The zero-order chi connectivity index (χ0) is 13.4. The number of alkyl halides is 1. The summed E-state index contributed by atoms with van der Waals surface area (Å²) in [5.41, 5.74) is 0. The van der Waals surface area contributed by atoms with Gasteiger partial charge in [0, 0.05) is 17.3 Å². The second kappa shape index (κ2) is 8.45. The zero-order valence-electron chi connectivity index (χ0n) is 10.5. The van der Waals surface area contributed by atoms with Gasteiger partial charge in [-0.2, -0.15) is 0 Å². The molecule has 1 aliphatic rings. The van der Waals surface area contributed by atoms with Gasteiger partial charge in [0.05, 0.1) is 5.38 Å². The fourth-order valence-corrected chi connectivity index (χ4v) is 2.22. The van der Waals surface area contributed by atoms with Crippen LogP contribution in [0.3, 0.4) is 0 Å². The summed E-state index contributed by atoms with van der Waals surface area (Å²) >= 11 is 9.91. The van der Waals surface area contributed by atoms with Crippen LogP contribution in [0.5, 0.6) is 0 Å². The summed E-state index contributed by atoms with van der Waals surface area (Å²) in [6.45, 7) is 2.09. The molecule has 0 saturated heterocycles. The summed E-state index contributed by atoms with van der Waals surface area (Å²) < 4.78 is 7.13. The maximum Gasteiger partial charge on any atom is 0.118 e. The van der Waals surface area contributed by atoms with Gasteiger partial charge in [0.15, 0.2) is 0 Å². The van der Waals surface area contributed by atoms with Crippen molar-refractivity contribution in [3.8, 4) is 12.3 Å². The summed E-state index contributed by atoms with van der Waals surface area (Å²) in [4.78, 5) is 0. The first-order valence-corrected chi connectivity index (χ1v) is 7.36. The van der Waals surface area contributed by atoms with Gasteiger partial charge in [-0.25, -0.2) is 0 Å². The summed E-state index contributed by atoms with van der Waals surface area (Å²) in [6, 6.07) is 0. The lowest BCUT2D eigenvalue weighted by atomic mass is 10.1. The Morgan fingerprint density at radius 3 is 3.11 bits per heavy atom. The van der Waals surface area contributed by atoms with Crippen LogP contribution in [-0.2, 0) is 4.74 Å². The van der Waals surface area contributed by atoms with Crippen molar-refractivity contribution in [2.45, 2.75) is 44.1 Å². The number of hydrogen-bond donors (Lipinski definition) is 0. The molecule has 0 fully saturated rings. The van der Waals surface area contributed by atoms with Crippen LogP contribution in [0.2, 0.25) is 0 Å². The maximum atomic E-state index is 6.35.